The Labute approximate surface area is 232 Å². The van der Waals surface area contributed by atoms with Gasteiger partial charge >= 0.3 is 0 Å². The Morgan fingerprint density at radius 2 is 1.72 bits per heavy atom. The molecule has 0 aliphatic carbocycles. The van der Waals surface area contributed by atoms with Gasteiger partial charge in [-0.05, 0) is 67.4 Å². The third-order valence-electron chi connectivity index (χ3n) is 7.04. The third-order valence-corrected chi connectivity index (χ3v) is 8.11. The smallest absolute Gasteiger partial charge is 0.267 e. The van der Waals surface area contributed by atoms with Gasteiger partial charge in [-0.15, -0.1) is 11.3 Å². The number of nitrogens with one attached hydrogen (secondary N) is 1. The van der Waals surface area contributed by atoms with Crippen molar-refractivity contribution in [3.8, 4) is 16.3 Å². The number of amides is 1. The van der Waals surface area contributed by atoms with Gasteiger partial charge in [-0.2, -0.15) is 0 Å². The Kier molecular flexibility index (Phi) is 8.07. The van der Waals surface area contributed by atoms with Crippen LogP contribution in [0.25, 0.3) is 31.7 Å². The van der Waals surface area contributed by atoms with E-state index in [4.69, 9.17) is 4.98 Å². The van der Waals surface area contributed by atoms with E-state index in [-0.39, 0.29) is 11.3 Å². The fourth-order valence-corrected chi connectivity index (χ4v) is 5.98. The summed E-state index contributed by atoms with van der Waals surface area (Å²) >= 11 is 1.62. The first-order valence-corrected chi connectivity index (χ1v) is 14.4. The number of benzene rings is 3. The van der Waals surface area contributed by atoms with Crippen LogP contribution in [0.1, 0.15) is 61.4 Å². The van der Waals surface area contributed by atoms with E-state index in [0.29, 0.717) is 23.1 Å². The summed E-state index contributed by atoms with van der Waals surface area (Å²) in [7, 11) is 0. The van der Waals surface area contributed by atoms with Gasteiger partial charge in [0.25, 0.3) is 11.5 Å². The lowest BCUT2D eigenvalue weighted by Crippen LogP contribution is -2.30. The minimum Gasteiger partial charge on any atom is -0.506 e. The molecular formula is C32H33N3O3S. The van der Waals surface area contributed by atoms with Crippen LogP contribution in [0.5, 0.6) is 5.75 Å². The van der Waals surface area contributed by atoms with E-state index in [1.54, 1.807) is 40.2 Å². The number of hydrogen-bond donors (Lipinski definition) is 2. The van der Waals surface area contributed by atoms with Gasteiger partial charge in [0, 0.05) is 23.2 Å². The number of fused-ring (bicyclic) bond motifs is 2. The second-order valence-corrected chi connectivity index (χ2v) is 11.0. The van der Waals surface area contributed by atoms with Crippen molar-refractivity contribution in [2.75, 3.05) is 5.32 Å². The second-order valence-electron chi connectivity index (χ2n) is 9.99. The highest BCUT2D eigenvalue weighted by molar-refractivity contribution is 7.21. The number of aromatic hydroxyl groups is 1. The Morgan fingerprint density at radius 1 is 0.974 bits per heavy atom. The predicted molar refractivity (Wildman–Crippen MR) is 161 cm³/mol. The number of carbonyl (C=O) groups is 1. The van der Waals surface area contributed by atoms with E-state index in [1.807, 2.05) is 36.4 Å². The Morgan fingerprint density at radius 3 is 2.51 bits per heavy atom. The van der Waals surface area contributed by atoms with Gasteiger partial charge in [0.1, 0.15) is 16.3 Å². The van der Waals surface area contributed by atoms with Crippen LogP contribution in [0.4, 0.5) is 5.69 Å². The van der Waals surface area contributed by atoms with E-state index >= 15 is 0 Å². The molecule has 5 rings (SSSR count). The first-order valence-electron chi connectivity index (χ1n) is 13.6. The van der Waals surface area contributed by atoms with Crippen molar-refractivity contribution in [2.45, 2.75) is 58.9 Å². The quantitative estimate of drug-likeness (QED) is 0.177. The Balaban J connectivity index is 1.37. The van der Waals surface area contributed by atoms with Crippen LogP contribution in [-0.4, -0.2) is 20.6 Å². The molecule has 0 bridgehead atoms. The summed E-state index contributed by atoms with van der Waals surface area (Å²) in [5.41, 5.74) is 3.57. The standard InChI is InChI=1S/C32H33N3O3S/c1-3-4-5-6-7-10-19-35-26-12-9-8-11-24(26)29(36)28(32(35)38)30(37)33-23-16-14-22(15-17-23)31-34-25-18-13-21(2)20-27(25)39-31/h8-9,11-18,20,36H,3-7,10,19H2,1-2H3,(H,33,37). The first kappa shape index (κ1) is 26.6. The van der Waals surface area contributed by atoms with E-state index < -0.39 is 11.5 Å². The van der Waals surface area contributed by atoms with Crippen LogP contribution in [0.2, 0.25) is 0 Å². The molecule has 0 aliphatic heterocycles. The first-order chi connectivity index (χ1) is 19.0. The zero-order valence-corrected chi connectivity index (χ0v) is 23.2. The number of pyridine rings is 1. The molecule has 2 aromatic heterocycles. The Bertz CT molecular complexity index is 1690. The molecule has 0 spiro atoms. The maximum Gasteiger partial charge on any atom is 0.267 e. The molecule has 6 nitrogen and oxygen atoms in total. The van der Waals surface area contributed by atoms with E-state index in [2.05, 4.69) is 25.2 Å². The number of thiazole rings is 1. The number of rotatable bonds is 10. The van der Waals surface area contributed by atoms with Gasteiger partial charge < -0.3 is 15.0 Å². The fraction of sp³-hybridized carbons (Fsp3) is 0.281. The zero-order valence-electron chi connectivity index (χ0n) is 22.4. The monoisotopic (exact) mass is 539 g/mol. The average Bonchev–Trinajstić information content (AvgIpc) is 3.36. The molecule has 0 fully saturated rings. The largest absolute Gasteiger partial charge is 0.506 e. The minimum absolute atomic E-state index is 0.231. The number of hydrogen-bond acceptors (Lipinski definition) is 5. The predicted octanol–water partition coefficient (Wildman–Crippen LogP) is 7.91. The highest BCUT2D eigenvalue weighted by atomic mass is 32.1. The zero-order chi connectivity index (χ0) is 27.4. The molecule has 0 aliphatic rings. The summed E-state index contributed by atoms with van der Waals surface area (Å²) in [4.78, 5) is 31.5. The molecule has 0 radical (unpaired) electrons. The normalized spacial score (nSPS) is 11.3. The lowest BCUT2D eigenvalue weighted by Gasteiger charge is -2.15. The molecule has 0 saturated carbocycles. The molecule has 5 aromatic rings. The number of carbonyl (C=O) groups excluding carboxylic acids is 1. The van der Waals surface area contributed by atoms with Crippen molar-refractivity contribution < 1.29 is 9.90 Å². The highest BCUT2D eigenvalue weighted by Gasteiger charge is 2.22. The molecule has 0 atom stereocenters. The summed E-state index contributed by atoms with van der Waals surface area (Å²) < 4.78 is 2.76. The van der Waals surface area contributed by atoms with Crippen molar-refractivity contribution in [2.24, 2.45) is 0 Å². The molecule has 2 heterocycles. The van der Waals surface area contributed by atoms with Crippen molar-refractivity contribution in [3.63, 3.8) is 0 Å². The van der Waals surface area contributed by atoms with E-state index in [9.17, 15) is 14.7 Å². The maximum atomic E-state index is 13.5. The number of anilines is 1. The van der Waals surface area contributed by atoms with E-state index in [1.165, 1.54) is 24.8 Å². The van der Waals surface area contributed by atoms with Gasteiger partial charge in [0.2, 0.25) is 0 Å². The van der Waals surface area contributed by atoms with Gasteiger partial charge in [-0.25, -0.2) is 4.98 Å². The van der Waals surface area contributed by atoms with Crippen LogP contribution in [-0.2, 0) is 6.54 Å². The molecule has 200 valence electrons. The molecule has 7 heteroatoms. The minimum atomic E-state index is -0.622. The van der Waals surface area contributed by atoms with E-state index in [0.717, 1.165) is 40.1 Å². The lowest BCUT2D eigenvalue weighted by molar-refractivity contribution is 0.102. The van der Waals surface area contributed by atoms with Crippen LogP contribution in [0.3, 0.4) is 0 Å². The van der Waals surface area contributed by atoms with Crippen molar-refractivity contribution in [3.05, 3.63) is 88.2 Å². The van der Waals surface area contributed by atoms with Crippen LogP contribution >= 0.6 is 11.3 Å². The summed E-state index contributed by atoms with van der Waals surface area (Å²) in [6.07, 6.45) is 6.57. The van der Waals surface area contributed by atoms with Crippen molar-refractivity contribution >= 4 is 44.1 Å². The van der Waals surface area contributed by atoms with Crippen LogP contribution in [0.15, 0.2) is 71.5 Å². The Hall–Kier alpha value is -3.97. The number of unbranched alkanes of at least 4 members (excludes halogenated alkanes) is 5. The van der Waals surface area contributed by atoms with Gasteiger partial charge in [0.05, 0.1) is 15.7 Å². The van der Waals surface area contributed by atoms with Gasteiger partial charge in [0.15, 0.2) is 0 Å². The summed E-state index contributed by atoms with van der Waals surface area (Å²) in [6, 6.07) is 20.8. The molecule has 39 heavy (non-hydrogen) atoms. The maximum absolute atomic E-state index is 13.5. The number of nitrogens with zero attached hydrogens (tertiary/aromatic N) is 2. The SMILES string of the molecule is CCCCCCCCn1c(=O)c(C(=O)Nc2ccc(-c3nc4ccc(C)cc4s3)cc2)c(O)c2ccccc21. The molecule has 1 amide bonds. The van der Waals surface area contributed by atoms with Crippen LogP contribution < -0.4 is 10.9 Å². The number of aryl methyl sites for hydroxylation is 2. The second kappa shape index (κ2) is 11.8. The van der Waals surface area contributed by atoms with Gasteiger partial charge in [-0.1, -0.05) is 57.2 Å². The van der Waals surface area contributed by atoms with Crippen molar-refractivity contribution in [1.82, 2.24) is 9.55 Å². The molecular weight excluding hydrogens is 506 g/mol. The molecule has 0 unspecified atom stereocenters. The third kappa shape index (κ3) is 5.73. The topological polar surface area (TPSA) is 84.2 Å². The molecule has 0 saturated heterocycles. The highest BCUT2D eigenvalue weighted by Crippen LogP contribution is 2.32. The average molecular weight is 540 g/mol. The van der Waals surface area contributed by atoms with Crippen LogP contribution in [0, 0.1) is 6.92 Å². The van der Waals surface area contributed by atoms with Gasteiger partial charge in [-0.3, -0.25) is 9.59 Å². The molecule has 3 aromatic carbocycles. The molecule has 2 N–H and O–H groups in total. The fourth-order valence-electron chi connectivity index (χ4n) is 4.91. The summed E-state index contributed by atoms with van der Waals surface area (Å²) in [5.74, 6) is -0.906. The number of aromatic nitrogens is 2. The summed E-state index contributed by atoms with van der Waals surface area (Å²) in [6.45, 7) is 4.75. The summed E-state index contributed by atoms with van der Waals surface area (Å²) in [5, 5.41) is 15.2. The number of para-hydroxylation sites is 1. The van der Waals surface area contributed by atoms with Crippen molar-refractivity contribution in [1.29, 1.82) is 0 Å². The lowest BCUT2D eigenvalue weighted by atomic mass is 10.1.